The van der Waals surface area contributed by atoms with Crippen LogP contribution in [0.1, 0.15) is 51.4 Å². The molecule has 0 aromatic rings. The predicted molar refractivity (Wildman–Crippen MR) is 142 cm³/mol. The van der Waals surface area contributed by atoms with Crippen molar-refractivity contribution < 1.29 is 4.79 Å². The van der Waals surface area contributed by atoms with Crippen LogP contribution in [0.4, 0.5) is 0 Å². The average molecular weight is 561 g/mol. The molecule has 0 aromatic carbocycles. The van der Waals surface area contributed by atoms with Crippen molar-refractivity contribution in [2.75, 3.05) is 79.0 Å². The van der Waals surface area contributed by atoms with Crippen LogP contribution in [0.15, 0.2) is 4.99 Å². The number of aliphatic imine (C=N–C) groups is 1. The molecule has 0 bridgehead atoms. The van der Waals surface area contributed by atoms with Crippen molar-refractivity contribution in [3.05, 3.63) is 0 Å². The molecule has 1 aliphatic carbocycles. The number of piperazine rings is 1. The summed E-state index contributed by atoms with van der Waals surface area (Å²) in [6.45, 7) is 11.9. The van der Waals surface area contributed by atoms with Gasteiger partial charge in [-0.2, -0.15) is 0 Å². The molecule has 0 aromatic heterocycles. The molecule has 4 fully saturated rings. The zero-order valence-electron chi connectivity index (χ0n) is 20.1. The first-order valence-electron chi connectivity index (χ1n) is 12.9. The number of nitrogens with zero attached hydrogens (tertiary/aromatic N) is 5. The first-order valence-corrected chi connectivity index (χ1v) is 12.9. The second kappa shape index (κ2) is 13.3. The fraction of sp³-hybridized carbons (Fsp3) is 0.917. The van der Waals surface area contributed by atoms with E-state index in [0.717, 1.165) is 77.1 Å². The van der Waals surface area contributed by atoms with Gasteiger partial charge in [0.1, 0.15) is 0 Å². The number of rotatable bonds is 6. The molecule has 3 heterocycles. The van der Waals surface area contributed by atoms with Gasteiger partial charge in [0.15, 0.2) is 5.96 Å². The lowest BCUT2D eigenvalue weighted by molar-refractivity contribution is -0.137. The molecular weight excluding hydrogens is 515 g/mol. The van der Waals surface area contributed by atoms with Crippen LogP contribution < -0.4 is 5.32 Å². The Balaban J connectivity index is 0.00000289. The summed E-state index contributed by atoms with van der Waals surface area (Å²) in [6.07, 6.45) is 10.1. The molecule has 1 amide bonds. The van der Waals surface area contributed by atoms with Crippen LogP contribution in [0, 0.1) is 11.8 Å². The number of hydrogen-bond donors (Lipinski definition) is 1. The molecule has 0 radical (unpaired) electrons. The number of carbonyl (C=O) groups excluding carboxylic acids is 1. The van der Waals surface area contributed by atoms with E-state index >= 15 is 0 Å². The molecule has 4 aliphatic rings. The molecule has 1 unspecified atom stereocenters. The minimum absolute atomic E-state index is 0. The number of piperidine rings is 1. The SMILES string of the molecule is CN=C(NCCN1CCN(C(=O)C2CCCC2)CC1)N1CCC(CN2CCCCC2)C1.I. The van der Waals surface area contributed by atoms with Crippen molar-refractivity contribution in [2.24, 2.45) is 16.8 Å². The Hall–Kier alpha value is -0.610. The first-order chi connectivity index (χ1) is 15.2. The first kappa shape index (κ1) is 26.0. The molecule has 3 saturated heterocycles. The van der Waals surface area contributed by atoms with Gasteiger partial charge in [0.2, 0.25) is 5.91 Å². The van der Waals surface area contributed by atoms with Crippen LogP contribution in [0.2, 0.25) is 0 Å². The molecule has 1 saturated carbocycles. The van der Waals surface area contributed by atoms with Gasteiger partial charge in [-0.15, -0.1) is 24.0 Å². The van der Waals surface area contributed by atoms with E-state index < -0.39 is 0 Å². The Morgan fingerprint density at radius 3 is 2.25 bits per heavy atom. The summed E-state index contributed by atoms with van der Waals surface area (Å²) < 4.78 is 0. The predicted octanol–water partition coefficient (Wildman–Crippen LogP) is 2.32. The van der Waals surface area contributed by atoms with Crippen LogP contribution >= 0.6 is 24.0 Å². The van der Waals surface area contributed by atoms with Crippen LogP contribution in [0.5, 0.6) is 0 Å². The third kappa shape index (κ3) is 7.19. The van der Waals surface area contributed by atoms with Gasteiger partial charge in [-0.05, 0) is 51.1 Å². The van der Waals surface area contributed by atoms with E-state index in [1.165, 1.54) is 58.2 Å². The minimum atomic E-state index is 0. The van der Waals surface area contributed by atoms with Gasteiger partial charge in [-0.1, -0.05) is 19.3 Å². The van der Waals surface area contributed by atoms with Gasteiger partial charge in [-0.3, -0.25) is 14.7 Å². The second-order valence-electron chi connectivity index (χ2n) is 10.1. The highest BCUT2D eigenvalue weighted by molar-refractivity contribution is 14.0. The molecule has 32 heavy (non-hydrogen) atoms. The van der Waals surface area contributed by atoms with E-state index in [0.29, 0.717) is 11.8 Å². The molecule has 4 rings (SSSR count). The van der Waals surface area contributed by atoms with E-state index in [4.69, 9.17) is 0 Å². The Bertz CT molecular complexity index is 597. The van der Waals surface area contributed by atoms with E-state index in [2.05, 4.69) is 29.9 Å². The summed E-state index contributed by atoms with van der Waals surface area (Å²) >= 11 is 0. The highest BCUT2D eigenvalue weighted by Crippen LogP contribution is 2.27. The fourth-order valence-corrected chi connectivity index (χ4v) is 5.96. The topological polar surface area (TPSA) is 54.4 Å². The summed E-state index contributed by atoms with van der Waals surface area (Å²) in [6, 6.07) is 0. The molecule has 1 atom stereocenters. The summed E-state index contributed by atoms with van der Waals surface area (Å²) in [7, 11) is 1.91. The second-order valence-corrected chi connectivity index (χ2v) is 10.1. The van der Waals surface area contributed by atoms with Gasteiger partial charge >= 0.3 is 0 Å². The highest BCUT2D eigenvalue weighted by atomic mass is 127. The van der Waals surface area contributed by atoms with E-state index in [1.54, 1.807) is 0 Å². The number of halogens is 1. The van der Waals surface area contributed by atoms with E-state index in [-0.39, 0.29) is 24.0 Å². The van der Waals surface area contributed by atoms with Crippen molar-refractivity contribution >= 4 is 35.8 Å². The summed E-state index contributed by atoms with van der Waals surface area (Å²) in [5.41, 5.74) is 0. The van der Waals surface area contributed by atoms with Crippen molar-refractivity contribution in [1.29, 1.82) is 0 Å². The van der Waals surface area contributed by atoms with Gasteiger partial charge < -0.3 is 20.0 Å². The lowest BCUT2D eigenvalue weighted by Gasteiger charge is -2.36. The van der Waals surface area contributed by atoms with Crippen molar-refractivity contribution in [3.8, 4) is 0 Å². The maximum absolute atomic E-state index is 12.6. The van der Waals surface area contributed by atoms with Gasteiger partial charge in [-0.25, -0.2) is 0 Å². The molecular formula is C24H45IN6O. The number of likely N-dealkylation sites (tertiary alicyclic amines) is 2. The van der Waals surface area contributed by atoms with Gasteiger partial charge in [0.05, 0.1) is 0 Å². The zero-order valence-corrected chi connectivity index (χ0v) is 22.5. The Morgan fingerprint density at radius 1 is 0.844 bits per heavy atom. The number of amides is 1. The molecule has 1 N–H and O–H groups in total. The van der Waals surface area contributed by atoms with Crippen LogP contribution in [0.3, 0.4) is 0 Å². The summed E-state index contributed by atoms with van der Waals surface area (Å²) in [5, 5.41) is 3.60. The average Bonchev–Trinajstić information content (AvgIpc) is 3.50. The van der Waals surface area contributed by atoms with Crippen molar-refractivity contribution in [3.63, 3.8) is 0 Å². The Kier molecular flexibility index (Phi) is 10.8. The van der Waals surface area contributed by atoms with E-state index in [1.807, 2.05) is 7.05 Å². The van der Waals surface area contributed by atoms with Crippen LogP contribution in [-0.2, 0) is 4.79 Å². The largest absolute Gasteiger partial charge is 0.355 e. The summed E-state index contributed by atoms with van der Waals surface area (Å²) in [4.78, 5) is 26.9. The standard InChI is InChI=1S/C24H44N6O.HI/c1-25-24(30-13-9-21(20-30)19-28-11-5-2-6-12-28)26-10-14-27-15-17-29(18-16-27)23(31)22-7-3-4-8-22;/h21-22H,2-20H2,1H3,(H,25,26);1H. The molecule has 3 aliphatic heterocycles. The number of nitrogens with one attached hydrogen (secondary N) is 1. The normalized spacial score (nSPS) is 26.4. The molecule has 8 heteroatoms. The van der Waals surface area contributed by atoms with Crippen LogP contribution in [-0.4, -0.2) is 111 Å². The summed E-state index contributed by atoms with van der Waals surface area (Å²) in [5.74, 6) is 2.58. The monoisotopic (exact) mass is 560 g/mol. The molecule has 7 nitrogen and oxygen atoms in total. The molecule has 0 spiro atoms. The van der Waals surface area contributed by atoms with Crippen LogP contribution in [0.25, 0.3) is 0 Å². The number of carbonyl (C=O) groups is 1. The highest BCUT2D eigenvalue weighted by Gasteiger charge is 2.30. The van der Waals surface area contributed by atoms with Crippen molar-refractivity contribution in [1.82, 2.24) is 24.9 Å². The fourth-order valence-electron chi connectivity index (χ4n) is 5.96. The minimum Gasteiger partial charge on any atom is -0.355 e. The maximum atomic E-state index is 12.6. The lowest BCUT2D eigenvalue weighted by atomic mass is 10.1. The lowest BCUT2D eigenvalue weighted by Crippen LogP contribution is -2.52. The third-order valence-electron chi connectivity index (χ3n) is 7.86. The van der Waals surface area contributed by atoms with Crippen molar-refractivity contribution in [2.45, 2.75) is 51.4 Å². The zero-order chi connectivity index (χ0) is 21.5. The van der Waals surface area contributed by atoms with Gasteiger partial charge in [0, 0.05) is 71.9 Å². The molecule has 184 valence electrons. The van der Waals surface area contributed by atoms with E-state index in [9.17, 15) is 4.79 Å². The van der Waals surface area contributed by atoms with Gasteiger partial charge in [0.25, 0.3) is 0 Å². The Morgan fingerprint density at radius 2 is 1.56 bits per heavy atom. The quantitative estimate of drug-likeness (QED) is 0.307. The number of guanidine groups is 1. The smallest absolute Gasteiger partial charge is 0.225 e. The Labute approximate surface area is 212 Å². The maximum Gasteiger partial charge on any atom is 0.225 e. The number of hydrogen-bond acceptors (Lipinski definition) is 4. The third-order valence-corrected chi connectivity index (χ3v) is 7.86.